The zero-order chi connectivity index (χ0) is 48.1. The number of hydrogen-bond donors (Lipinski definition) is 0. The lowest BCUT2D eigenvalue weighted by molar-refractivity contribution is 0.660. The van der Waals surface area contributed by atoms with Crippen molar-refractivity contribution in [1.82, 2.24) is 19.5 Å². The van der Waals surface area contributed by atoms with E-state index in [1.165, 1.54) is 0 Å². The lowest BCUT2D eigenvalue weighted by Gasteiger charge is -2.25. The fourth-order valence-corrected chi connectivity index (χ4v) is 9.90. The molecule has 0 spiro atoms. The summed E-state index contributed by atoms with van der Waals surface area (Å²) in [4.78, 5) is 17.9. The molecule has 0 saturated heterocycles. The largest absolute Gasteiger partial charge is 0.311 e. The summed E-state index contributed by atoms with van der Waals surface area (Å²) in [5, 5.41) is 1.07. The molecule has 2 aromatic heterocycles. The Kier molecular flexibility index (Phi) is 9.89. The van der Waals surface area contributed by atoms with Crippen molar-refractivity contribution >= 4 is 40.1 Å². The van der Waals surface area contributed by atoms with Crippen LogP contribution in [-0.2, 0) is 5.41 Å². The number of anilines is 3. The van der Waals surface area contributed by atoms with Crippen molar-refractivity contribution in [3.05, 3.63) is 259 Å². The summed E-state index contributed by atoms with van der Waals surface area (Å²) in [5.74, 6) is 1.69. The molecule has 0 unspecified atom stereocenters. The van der Waals surface area contributed by atoms with Gasteiger partial charge in [-0.1, -0.05) is 214 Å². The minimum Gasteiger partial charge on any atom is -0.311 e. The zero-order valence-corrected chi connectivity index (χ0v) is 38.3. The Labute approximate surface area is 405 Å². The maximum atomic E-state index is 9.48. The van der Waals surface area contributed by atoms with E-state index in [-0.39, 0.29) is 12.1 Å². The van der Waals surface area contributed by atoms with Gasteiger partial charge in [-0.2, -0.15) is 9.97 Å². The van der Waals surface area contributed by atoms with Gasteiger partial charge in [0.1, 0.15) is 0 Å². The van der Waals surface area contributed by atoms with Crippen LogP contribution in [0.25, 0.3) is 85.2 Å². The summed E-state index contributed by atoms with van der Waals surface area (Å²) >= 11 is 0. The van der Waals surface area contributed by atoms with Gasteiger partial charge in [-0.15, -0.1) is 0 Å². The van der Waals surface area contributed by atoms with Crippen LogP contribution in [0, 0.1) is 0 Å². The van der Waals surface area contributed by atoms with Crippen LogP contribution in [0.15, 0.2) is 237 Å². The number of para-hydroxylation sites is 2. The summed E-state index contributed by atoms with van der Waals surface area (Å²) in [6, 6.07) is 81.2. The lowest BCUT2D eigenvalue weighted by atomic mass is 9.81. The summed E-state index contributed by atoms with van der Waals surface area (Å²) in [6.07, 6.45) is 0. The molecule has 0 atom stereocenters. The SMILES string of the molecule is [2H]/C(=C(/[2H])c1ccc2c(c1)C(C)(C)c1cc3c(cc1-2)c(-c1ccccc1)c(-c1ccccc1)n3-c1nc(-c2ccccc2)nc(-c2ccccc2)n1)c1ccc(N(c2ccccc2)c2ccccc2)cc1. The molecule has 12 rings (SSSR count). The Balaban J connectivity index is 1.01. The summed E-state index contributed by atoms with van der Waals surface area (Å²) in [6.45, 7) is 4.53. The Hall–Kier alpha value is -8.93. The van der Waals surface area contributed by atoms with Gasteiger partial charge in [0.2, 0.25) is 5.95 Å². The van der Waals surface area contributed by atoms with Crippen LogP contribution in [0.1, 0.15) is 38.8 Å². The molecular weight excluding hydrogens is 839 g/mol. The normalized spacial score (nSPS) is 13.2. The molecule has 0 fully saturated rings. The van der Waals surface area contributed by atoms with Crippen molar-refractivity contribution in [3.63, 3.8) is 0 Å². The van der Waals surface area contributed by atoms with Gasteiger partial charge in [-0.25, -0.2) is 4.98 Å². The number of fused-ring (bicyclic) bond motifs is 4. The second-order valence-corrected chi connectivity index (χ2v) is 17.9. The van der Waals surface area contributed by atoms with Crippen molar-refractivity contribution in [3.8, 4) is 62.2 Å². The molecule has 0 amide bonds. The van der Waals surface area contributed by atoms with Gasteiger partial charge in [-0.3, -0.25) is 4.57 Å². The predicted octanol–water partition coefficient (Wildman–Crippen LogP) is 16.4. The molecule has 5 heteroatoms. The first-order chi connectivity index (χ1) is 34.8. The molecule has 0 bridgehead atoms. The Bertz CT molecular complexity index is 3670. The van der Waals surface area contributed by atoms with Crippen LogP contribution in [0.5, 0.6) is 0 Å². The highest BCUT2D eigenvalue weighted by Crippen LogP contribution is 2.53. The molecule has 0 saturated carbocycles. The molecule has 1 aliphatic carbocycles. The van der Waals surface area contributed by atoms with E-state index in [4.69, 9.17) is 15.0 Å². The van der Waals surface area contributed by atoms with E-state index in [1.54, 1.807) is 0 Å². The van der Waals surface area contributed by atoms with Crippen LogP contribution in [0.4, 0.5) is 17.1 Å². The van der Waals surface area contributed by atoms with E-state index in [2.05, 4.69) is 126 Å². The molecule has 11 aromatic rings. The van der Waals surface area contributed by atoms with Crippen LogP contribution in [-0.4, -0.2) is 19.5 Å². The van der Waals surface area contributed by atoms with Crippen LogP contribution < -0.4 is 4.90 Å². The van der Waals surface area contributed by atoms with Crippen molar-refractivity contribution < 1.29 is 2.74 Å². The lowest BCUT2D eigenvalue weighted by Crippen LogP contribution is -2.15. The van der Waals surface area contributed by atoms with Gasteiger partial charge < -0.3 is 4.90 Å². The highest BCUT2D eigenvalue weighted by atomic mass is 15.2. The van der Waals surface area contributed by atoms with E-state index in [0.29, 0.717) is 28.7 Å². The zero-order valence-electron chi connectivity index (χ0n) is 40.3. The van der Waals surface area contributed by atoms with Crippen molar-refractivity contribution in [2.45, 2.75) is 19.3 Å². The minimum atomic E-state index is -0.463. The maximum absolute atomic E-state index is 9.48. The maximum Gasteiger partial charge on any atom is 0.238 e. The van der Waals surface area contributed by atoms with Crippen LogP contribution in [0.3, 0.4) is 0 Å². The molecule has 1 aliphatic rings. The second kappa shape index (κ2) is 17.4. The Morgan fingerprint density at radius 3 is 1.43 bits per heavy atom. The fourth-order valence-electron chi connectivity index (χ4n) is 9.90. The Morgan fingerprint density at radius 2 is 0.884 bits per heavy atom. The first-order valence-electron chi connectivity index (χ1n) is 24.4. The third-order valence-electron chi connectivity index (χ3n) is 13.3. The number of nitrogens with zero attached hydrogens (tertiary/aromatic N) is 5. The molecular formula is C64H47N5. The molecule has 5 nitrogen and oxygen atoms in total. The third-order valence-corrected chi connectivity index (χ3v) is 13.3. The van der Waals surface area contributed by atoms with E-state index in [1.807, 2.05) is 133 Å². The van der Waals surface area contributed by atoms with Crippen molar-refractivity contribution in [1.29, 1.82) is 0 Å². The standard InChI is InChI=1S/C64H47N5/c1-64(2)56-41-45(34-33-44-35-38-52(39-36-44)68(50-29-17-7-18-30-50)51-31-19-8-20-32-51)37-40-53(56)54-42-55-58(43-57(54)64)69(60(47-23-11-4-12-24-47)59(55)46-21-9-3-10-22-46)63-66-61(48-25-13-5-14-26-48)65-62(67-63)49-27-15-6-16-28-49/h3-43H,1-2H3/b34-33+/i33D,34D. The minimum absolute atomic E-state index is 0.165. The summed E-state index contributed by atoms with van der Waals surface area (Å²) in [5.41, 5.74) is 15.5. The molecule has 2 heterocycles. The first-order valence-corrected chi connectivity index (χ1v) is 23.4. The fraction of sp³-hybridized carbons (Fsp3) is 0.0469. The quantitative estimate of drug-likeness (QED) is 0.128. The summed E-state index contributed by atoms with van der Waals surface area (Å²) < 4.78 is 21.1. The van der Waals surface area contributed by atoms with Crippen molar-refractivity contribution in [2.24, 2.45) is 0 Å². The predicted molar refractivity (Wildman–Crippen MR) is 286 cm³/mol. The highest BCUT2D eigenvalue weighted by molar-refractivity contribution is 6.08. The average Bonchev–Trinajstić information content (AvgIpc) is 3.89. The van der Waals surface area contributed by atoms with E-state index >= 15 is 0 Å². The first kappa shape index (κ1) is 39.3. The van der Waals surface area contributed by atoms with Gasteiger partial charge in [-0.05, 0) is 93.0 Å². The molecule has 69 heavy (non-hydrogen) atoms. The molecule has 0 N–H and O–H groups in total. The molecule has 0 radical (unpaired) electrons. The van der Waals surface area contributed by atoms with Crippen LogP contribution >= 0.6 is 0 Å². The monoisotopic (exact) mass is 887 g/mol. The smallest absolute Gasteiger partial charge is 0.238 e. The van der Waals surface area contributed by atoms with E-state index in [0.717, 1.165) is 83.7 Å². The molecule has 9 aromatic carbocycles. The van der Waals surface area contributed by atoms with Crippen LogP contribution in [0.2, 0.25) is 0 Å². The van der Waals surface area contributed by atoms with Gasteiger partial charge in [0.15, 0.2) is 11.6 Å². The van der Waals surface area contributed by atoms with E-state index < -0.39 is 5.41 Å². The number of aromatic nitrogens is 4. The second-order valence-electron chi connectivity index (χ2n) is 17.9. The van der Waals surface area contributed by atoms with Gasteiger partial charge in [0, 0.05) is 44.6 Å². The van der Waals surface area contributed by atoms with Gasteiger partial charge in [0.05, 0.1) is 14.0 Å². The average molecular weight is 888 g/mol. The van der Waals surface area contributed by atoms with E-state index in [9.17, 15) is 2.74 Å². The molecule has 328 valence electrons. The van der Waals surface area contributed by atoms with Gasteiger partial charge in [0.25, 0.3) is 0 Å². The third kappa shape index (κ3) is 7.60. The number of hydrogen-bond acceptors (Lipinski definition) is 4. The number of rotatable bonds is 10. The Morgan fingerprint density at radius 1 is 0.435 bits per heavy atom. The van der Waals surface area contributed by atoms with Crippen molar-refractivity contribution in [2.75, 3.05) is 4.90 Å². The van der Waals surface area contributed by atoms with Gasteiger partial charge >= 0.3 is 0 Å². The topological polar surface area (TPSA) is 46.8 Å². The summed E-state index contributed by atoms with van der Waals surface area (Å²) in [7, 11) is 0. The molecule has 0 aliphatic heterocycles. The highest BCUT2D eigenvalue weighted by Gasteiger charge is 2.37. The number of benzene rings is 9.